The van der Waals surface area contributed by atoms with Crippen LogP contribution in [0.5, 0.6) is 11.5 Å². The molecule has 2 unspecified atom stereocenters. The first-order valence-electron chi connectivity index (χ1n) is 12.1. The van der Waals surface area contributed by atoms with Crippen LogP contribution in [0, 0.1) is 23.7 Å². The van der Waals surface area contributed by atoms with Crippen LogP contribution in [0.15, 0.2) is 60.7 Å². The predicted octanol–water partition coefficient (Wildman–Crippen LogP) is 5.87. The first-order chi connectivity index (χ1) is 18.2. The van der Waals surface area contributed by atoms with Crippen LogP contribution >= 0.6 is 18.5 Å². The lowest BCUT2D eigenvalue weighted by molar-refractivity contribution is -0.0952. The summed E-state index contributed by atoms with van der Waals surface area (Å²) in [7, 11) is 6.89. The van der Waals surface area contributed by atoms with E-state index in [0.717, 1.165) is 67.6 Å². The number of rotatable bonds is 3. The van der Waals surface area contributed by atoms with Gasteiger partial charge in [-0.15, -0.1) is 18.5 Å². The first kappa shape index (κ1) is 25.5. The van der Waals surface area contributed by atoms with Gasteiger partial charge in [-0.1, -0.05) is 47.9 Å². The fourth-order valence-corrected chi connectivity index (χ4v) is 4.72. The lowest BCUT2D eigenvalue weighted by Gasteiger charge is -2.18. The Hall–Kier alpha value is -3.10. The van der Waals surface area contributed by atoms with E-state index in [1.807, 2.05) is 12.1 Å². The highest BCUT2D eigenvalue weighted by atomic mass is 31.0. The Kier molecular flexibility index (Phi) is 8.26. The molecule has 0 fully saturated rings. The van der Waals surface area contributed by atoms with Gasteiger partial charge in [-0.2, -0.15) is 0 Å². The summed E-state index contributed by atoms with van der Waals surface area (Å²) >= 11 is 0. The second-order valence-corrected chi connectivity index (χ2v) is 9.39. The molecule has 1 aliphatic rings. The zero-order chi connectivity index (χ0) is 25.6. The third kappa shape index (κ3) is 5.60. The molecule has 6 heteroatoms. The Bertz CT molecular complexity index is 1460. The van der Waals surface area contributed by atoms with Gasteiger partial charge >= 0.3 is 0 Å². The Labute approximate surface area is 222 Å². The zero-order valence-electron chi connectivity index (χ0n) is 20.7. The predicted molar refractivity (Wildman–Crippen MR) is 158 cm³/mol. The molecule has 4 nitrogen and oxygen atoms in total. The molecule has 1 aliphatic heterocycles. The molecule has 1 heterocycles. The van der Waals surface area contributed by atoms with Crippen molar-refractivity contribution in [2.75, 3.05) is 39.4 Å². The summed E-state index contributed by atoms with van der Waals surface area (Å²) in [4.78, 5) is 0. The Morgan fingerprint density at radius 3 is 1.73 bits per heavy atom. The fraction of sp³-hybridized carbons (Fsp3) is 0.226. The van der Waals surface area contributed by atoms with Crippen molar-refractivity contribution >= 4 is 40.0 Å². The highest BCUT2D eigenvalue weighted by Crippen LogP contribution is 2.46. The van der Waals surface area contributed by atoms with Gasteiger partial charge in [0.2, 0.25) is 0 Å². The maximum absolute atomic E-state index is 6.39. The van der Waals surface area contributed by atoms with Crippen molar-refractivity contribution in [1.82, 2.24) is 0 Å². The number of methoxy groups -OCH3 is 1. The Balaban J connectivity index is 1.75. The molecule has 0 saturated carbocycles. The van der Waals surface area contributed by atoms with E-state index in [-0.39, 0.29) is 12.9 Å². The normalized spacial score (nSPS) is 12.9. The molecule has 0 aliphatic carbocycles. The van der Waals surface area contributed by atoms with Gasteiger partial charge in [-0.25, -0.2) is 0 Å². The van der Waals surface area contributed by atoms with Gasteiger partial charge in [-0.3, -0.25) is 0 Å². The number of benzene rings is 4. The van der Waals surface area contributed by atoms with Crippen LogP contribution in [0.25, 0.3) is 32.7 Å². The lowest BCUT2D eigenvalue weighted by atomic mass is 9.91. The number of hydrogen-bond donors (Lipinski definition) is 0. The average molecular weight is 527 g/mol. The minimum atomic E-state index is -0.278. The number of hydrogen-bond acceptors (Lipinski definition) is 4. The van der Waals surface area contributed by atoms with Crippen LogP contribution < -0.4 is 9.47 Å². The van der Waals surface area contributed by atoms with Gasteiger partial charge in [0.1, 0.15) is 37.6 Å². The summed E-state index contributed by atoms with van der Waals surface area (Å²) in [6, 6.07) is 20.9. The molecule has 0 saturated heterocycles. The van der Waals surface area contributed by atoms with Gasteiger partial charge in [0, 0.05) is 41.7 Å². The topological polar surface area (TPSA) is 36.9 Å². The molecule has 0 N–H and O–H groups in total. The largest absolute Gasteiger partial charge is 0.490 e. The molecule has 0 bridgehead atoms. The van der Waals surface area contributed by atoms with Gasteiger partial charge < -0.3 is 18.9 Å². The summed E-state index contributed by atoms with van der Waals surface area (Å²) in [6.07, 6.45) is 1.20. The van der Waals surface area contributed by atoms with E-state index in [0.29, 0.717) is 13.2 Å². The molecule has 5 rings (SSSR count). The van der Waals surface area contributed by atoms with Crippen molar-refractivity contribution in [3.05, 3.63) is 71.8 Å². The minimum Gasteiger partial charge on any atom is -0.490 e. The zero-order valence-corrected chi connectivity index (χ0v) is 23.0. The van der Waals surface area contributed by atoms with Crippen LogP contribution in [-0.2, 0) is 9.47 Å². The van der Waals surface area contributed by atoms with E-state index < -0.39 is 0 Å². The maximum Gasteiger partial charge on any atom is 0.147 e. The SMILES string of the molecule is COCOC1COc2ccc3cc(C#CCP)ccc3c2-c2c(ccc3cc(C#CCP)ccc23)OC1. The Morgan fingerprint density at radius 1 is 0.757 bits per heavy atom. The van der Waals surface area contributed by atoms with Crippen molar-refractivity contribution in [2.45, 2.75) is 6.10 Å². The van der Waals surface area contributed by atoms with Gasteiger partial charge in [0.25, 0.3) is 0 Å². The molecular formula is C31H28O4P2. The smallest absolute Gasteiger partial charge is 0.147 e. The van der Waals surface area contributed by atoms with E-state index in [1.165, 1.54) is 0 Å². The third-order valence-electron chi connectivity index (χ3n) is 6.15. The highest BCUT2D eigenvalue weighted by molar-refractivity contribution is 7.17. The van der Waals surface area contributed by atoms with E-state index >= 15 is 0 Å². The minimum absolute atomic E-state index is 0.173. The van der Waals surface area contributed by atoms with Crippen LogP contribution in [0.2, 0.25) is 0 Å². The standard InChI is InChI=1S/C31H28O4P2/c1-32-20-35-25-18-33-28-12-8-23-16-21(4-2-14-36)6-10-26(23)30(28)31-27-11-7-22(5-3-15-37)17-24(27)9-13-29(31)34-19-25/h6-13,16-17,25H,14-15,18-20,36-37H2,1H3. The van der Waals surface area contributed by atoms with Gasteiger partial charge in [0.05, 0.1) is 0 Å². The van der Waals surface area contributed by atoms with E-state index in [1.54, 1.807) is 7.11 Å². The molecule has 0 spiro atoms. The van der Waals surface area contributed by atoms with Crippen molar-refractivity contribution in [3.63, 3.8) is 0 Å². The maximum atomic E-state index is 6.39. The monoisotopic (exact) mass is 526 g/mol. The van der Waals surface area contributed by atoms with Crippen molar-refractivity contribution in [3.8, 4) is 46.3 Å². The van der Waals surface area contributed by atoms with Crippen LogP contribution in [0.1, 0.15) is 11.1 Å². The molecule has 37 heavy (non-hydrogen) atoms. The van der Waals surface area contributed by atoms with Gasteiger partial charge in [-0.05, 0) is 57.9 Å². The molecule has 4 aromatic carbocycles. The van der Waals surface area contributed by atoms with E-state index in [4.69, 9.17) is 18.9 Å². The van der Waals surface area contributed by atoms with Crippen molar-refractivity contribution in [2.24, 2.45) is 0 Å². The molecule has 2 atom stereocenters. The second kappa shape index (κ2) is 12.0. The molecular weight excluding hydrogens is 498 g/mol. The summed E-state index contributed by atoms with van der Waals surface area (Å²) in [5.41, 5.74) is 3.97. The quantitative estimate of drug-likeness (QED) is 0.190. The van der Waals surface area contributed by atoms with Crippen molar-refractivity contribution in [1.29, 1.82) is 0 Å². The first-order valence-corrected chi connectivity index (χ1v) is 13.7. The van der Waals surface area contributed by atoms with Gasteiger partial charge in [0.15, 0.2) is 0 Å². The average Bonchev–Trinajstić information content (AvgIpc) is 3.01. The summed E-state index contributed by atoms with van der Waals surface area (Å²) in [5, 5.41) is 4.34. The number of fused-ring (bicyclic) bond motifs is 7. The molecule has 0 aromatic heterocycles. The van der Waals surface area contributed by atoms with E-state index in [9.17, 15) is 0 Å². The Morgan fingerprint density at radius 2 is 1.27 bits per heavy atom. The fourth-order valence-electron chi connectivity index (χ4n) is 4.51. The third-order valence-corrected chi connectivity index (χ3v) is 6.56. The van der Waals surface area contributed by atoms with Crippen LogP contribution in [-0.4, -0.2) is 45.5 Å². The number of ether oxygens (including phenoxy) is 4. The highest BCUT2D eigenvalue weighted by Gasteiger charge is 2.23. The lowest BCUT2D eigenvalue weighted by Crippen LogP contribution is -2.29. The van der Waals surface area contributed by atoms with Crippen molar-refractivity contribution < 1.29 is 18.9 Å². The second-order valence-electron chi connectivity index (χ2n) is 8.58. The molecule has 186 valence electrons. The molecule has 0 radical (unpaired) electrons. The molecule has 4 aromatic rings. The van der Waals surface area contributed by atoms with Crippen LogP contribution in [0.4, 0.5) is 0 Å². The summed E-state index contributed by atoms with van der Waals surface area (Å²) < 4.78 is 23.7. The summed E-state index contributed by atoms with van der Waals surface area (Å²) in [5.74, 6) is 14.3. The summed E-state index contributed by atoms with van der Waals surface area (Å²) in [6.45, 7) is 0.868. The van der Waals surface area contributed by atoms with E-state index in [2.05, 4.69) is 90.7 Å². The molecule has 0 amide bonds. The van der Waals surface area contributed by atoms with Crippen LogP contribution in [0.3, 0.4) is 0 Å².